The molecule has 0 amide bonds. The van der Waals surface area contributed by atoms with Crippen molar-refractivity contribution < 1.29 is 26.0 Å². The van der Waals surface area contributed by atoms with Crippen LogP contribution in [0.15, 0.2) is 47.4 Å². The van der Waals surface area contributed by atoms with Gasteiger partial charge in [-0.2, -0.15) is 0 Å². The lowest BCUT2D eigenvalue weighted by atomic mass is 10.2. The van der Waals surface area contributed by atoms with Gasteiger partial charge in [-0.05, 0) is 30.7 Å². The zero-order chi connectivity index (χ0) is 18.9. The van der Waals surface area contributed by atoms with E-state index in [4.69, 9.17) is 4.74 Å². The van der Waals surface area contributed by atoms with Crippen molar-refractivity contribution in [3.8, 4) is 5.75 Å². The molecule has 3 rings (SSSR count). The summed E-state index contributed by atoms with van der Waals surface area (Å²) in [5.41, 5.74) is 0.462. The first-order valence-electron chi connectivity index (χ1n) is 7.70. The Kier molecular flexibility index (Phi) is 4.80. The van der Waals surface area contributed by atoms with Crippen LogP contribution >= 0.6 is 0 Å². The smallest absolute Gasteiger partial charge is 0.264 e. The van der Waals surface area contributed by atoms with E-state index in [1.807, 2.05) is 0 Å². The van der Waals surface area contributed by atoms with Crippen LogP contribution in [0.3, 0.4) is 0 Å². The molecule has 26 heavy (non-hydrogen) atoms. The van der Waals surface area contributed by atoms with Crippen molar-refractivity contribution in [1.29, 1.82) is 0 Å². The maximum Gasteiger partial charge on any atom is 0.264 e. The fraction of sp³-hybridized carbons (Fsp3) is 0.250. The van der Waals surface area contributed by atoms with E-state index >= 15 is 0 Å². The molecule has 10 heteroatoms. The van der Waals surface area contributed by atoms with E-state index in [2.05, 4.69) is 4.72 Å². The maximum absolute atomic E-state index is 13.8. The summed E-state index contributed by atoms with van der Waals surface area (Å²) in [6, 6.07) is 9.30. The number of sulfonamides is 2. The fourth-order valence-electron chi connectivity index (χ4n) is 2.71. The molecule has 1 N–H and O–H groups in total. The SMILES string of the molecule is COc1cc(N2CCCS2(=O)=O)ccc1NS(=O)(=O)c1ccccc1F. The summed E-state index contributed by atoms with van der Waals surface area (Å²) < 4.78 is 71.4. The zero-order valence-corrected chi connectivity index (χ0v) is 15.5. The first kappa shape index (κ1) is 18.5. The Morgan fingerprint density at radius 2 is 1.92 bits per heavy atom. The molecular weight excluding hydrogens is 383 g/mol. The van der Waals surface area contributed by atoms with Crippen LogP contribution in [-0.4, -0.2) is 36.2 Å². The Balaban J connectivity index is 1.95. The molecule has 1 aliphatic rings. The summed E-state index contributed by atoms with van der Waals surface area (Å²) in [6.07, 6.45) is 0.520. The second-order valence-corrected chi connectivity index (χ2v) is 9.33. The van der Waals surface area contributed by atoms with Crippen molar-refractivity contribution in [2.45, 2.75) is 11.3 Å². The number of ether oxygens (including phenoxy) is 1. The van der Waals surface area contributed by atoms with Crippen LogP contribution in [0.2, 0.25) is 0 Å². The summed E-state index contributed by atoms with van der Waals surface area (Å²) >= 11 is 0. The van der Waals surface area contributed by atoms with Gasteiger partial charge in [0, 0.05) is 12.6 Å². The molecule has 0 aliphatic carbocycles. The average Bonchev–Trinajstić information content (AvgIpc) is 2.94. The van der Waals surface area contributed by atoms with Gasteiger partial charge in [-0.25, -0.2) is 21.2 Å². The average molecular weight is 400 g/mol. The van der Waals surface area contributed by atoms with Crippen LogP contribution in [0.5, 0.6) is 5.75 Å². The molecule has 2 aromatic rings. The molecule has 2 aromatic carbocycles. The van der Waals surface area contributed by atoms with E-state index in [0.717, 1.165) is 12.1 Å². The number of rotatable bonds is 5. The lowest BCUT2D eigenvalue weighted by Gasteiger charge is -2.19. The van der Waals surface area contributed by atoms with Gasteiger partial charge in [0.15, 0.2) is 0 Å². The first-order valence-corrected chi connectivity index (χ1v) is 10.8. The predicted molar refractivity (Wildman–Crippen MR) is 96.0 cm³/mol. The minimum atomic E-state index is -4.17. The summed E-state index contributed by atoms with van der Waals surface area (Å²) in [6.45, 7) is 0.353. The van der Waals surface area contributed by atoms with Gasteiger partial charge in [0.05, 0.1) is 24.2 Å². The Hall–Kier alpha value is -2.33. The topological polar surface area (TPSA) is 92.8 Å². The van der Waals surface area contributed by atoms with Gasteiger partial charge in [0.25, 0.3) is 10.0 Å². The van der Waals surface area contributed by atoms with Crippen LogP contribution in [0.25, 0.3) is 0 Å². The van der Waals surface area contributed by atoms with Crippen molar-refractivity contribution in [2.75, 3.05) is 28.4 Å². The molecule has 7 nitrogen and oxygen atoms in total. The van der Waals surface area contributed by atoms with Gasteiger partial charge in [-0.3, -0.25) is 9.03 Å². The van der Waals surface area contributed by atoms with Crippen LogP contribution in [0.4, 0.5) is 15.8 Å². The molecule has 0 spiro atoms. The largest absolute Gasteiger partial charge is 0.494 e. The van der Waals surface area contributed by atoms with E-state index in [-0.39, 0.29) is 17.2 Å². The second-order valence-electron chi connectivity index (χ2n) is 5.66. The van der Waals surface area contributed by atoms with Crippen LogP contribution in [-0.2, 0) is 20.0 Å². The summed E-state index contributed by atoms with van der Waals surface area (Å²) in [7, 11) is -6.21. The molecule has 0 bridgehead atoms. The number of hydrogen-bond acceptors (Lipinski definition) is 5. The maximum atomic E-state index is 13.8. The number of benzene rings is 2. The lowest BCUT2D eigenvalue weighted by molar-refractivity contribution is 0.417. The van der Waals surface area contributed by atoms with Crippen LogP contribution < -0.4 is 13.8 Å². The van der Waals surface area contributed by atoms with Crippen molar-refractivity contribution in [1.82, 2.24) is 0 Å². The monoisotopic (exact) mass is 400 g/mol. The van der Waals surface area contributed by atoms with E-state index in [9.17, 15) is 21.2 Å². The molecule has 0 unspecified atom stereocenters. The number of methoxy groups -OCH3 is 1. The standard InChI is InChI=1S/C16H17FN2O5S2/c1-24-15-11-12(19-9-4-10-25(19,20)21)7-8-14(15)18-26(22,23)16-6-3-2-5-13(16)17/h2-3,5-8,11,18H,4,9-10H2,1H3. The molecule has 0 atom stereocenters. The fourth-order valence-corrected chi connectivity index (χ4v) is 5.42. The van der Waals surface area contributed by atoms with E-state index < -0.39 is 30.8 Å². The Labute approximate surface area is 151 Å². The highest BCUT2D eigenvalue weighted by atomic mass is 32.2. The van der Waals surface area contributed by atoms with Crippen LogP contribution in [0.1, 0.15) is 6.42 Å². The van der Waals surface area contributed by atoms with Gasteiger partial charge >= 0.3 is 0 Å². The molecule has 0 aromatic heterocycles. The van der Waals surface area contributed by atoms with Gasteiger partial charge in [-0.1, -0.05) is 12.1 Å². The Morgan fingerprint density at radius 3 is 2.54 bits per heavy atom. The molecule has 140 valence electrons. The number of nitrogens with one attached hydrogen (secondary N) is 1. The Bertz CT molecular complexity index is 1040. The van der Waals surface area contributed by atoms with Gasteiger partial charge in [-0.15, -0.1) is 0 Å². The predicted octanol–water partition coefficient (Wildman–Crippen LogP) is 2.17. The second kappa shape index (κ2) is 6.76. The summed E-state index contributed by atoms with van der Waals surface area (Å²) in [5.74, 6) is -0.681. The van der Waals surface area contributed by atoms with Crippen molar-refractivity contribution in [3.05, 3.63) is 48.3 Å². The normalized spacial score (nSPS) is 16.5. The highest BCUT2D eigenvalue weighted by Gasteiger charge is 2.29. The highest BCUT2D eigenvalue weighted by molar-refractivity contribution is 7.93. The minimum Gasteiger partial charge on any atom is -0.494 e. The number of halogens is 1. The van der Waals surface area contributed by atoms with E-state index in [0.29, 0.717) is 18.7 Å². The first-order chi connectivity index (χ1) is 12.2. The molecular formula is C16H17FN2O5S2. The number of nitrogens with zero attached hydrogens (tertiary/aromatic N) is 1. The summed E-state index contributed by atoms with van der Waals surface area (Å²) in [4.78, 5) is -0.492. The number of anilines is 2. The van der Waals surface area contributed by atoms with Crippen molar-refractivity contribution in [2.24, 2.45) is 0 Å². The Morgan fingerprint density at radius 1 is 1.19 bits per heavy atom. The van der Waals surface area contributed by atoms with Crippen LogP contribution in [0, 0.1) is 5.82 Å². The third-order valence-corrected chi connectivity index (χ3v) is 7.21. The highest BCUT2D eigenvalue weighted by Crippen LogP contribution is 2.34. The molecule has 1 fully saturated rings. The lowest BCUT2D eigenvalue weighted by Crippen LogP contribution is -2.25. The van der Waals surface area contributed by atoms with Crippen molar-refractivity contribution in [3.63, 3.8) is 0 Å². The van der Waals surface area contributed by atoms with E-state index in [1.165, 1.54) is 41.7 Å². The molecule has 1 heterocycles. The summed E-state index contributed by atoms with van der Waals surface area (Å²) in [5, 5.41) is 0. The zero-order valence-electron chi connectivity index (χ0n) is 13.8. The quantitative estimate of drug-likeness (QED) is 0.830. The molecule has 0 radical (unpaired) electrons. The number of hydrogen-bond donors (Lipinski definition) is 1. The molecule has 0 saturated carbocycles. The van der Waals surface area contributed by atoms with Gasteiger partial charge in [0.1, 0.15) is 16.5 Å². The third kappa shape index (κ3) is 3.47. The minimum absolute atomic E-state index is 0.0664. The van der Waals surface area contributed by atoms with E-state index in [1.54, 1.807) is 0 Å². The molecule has 1 aliphatic heterocycles. The van der Waals surface area contributed by atoms with Crippen molar-refractivity contribution >= 4 is 31.4 Å². The van der Waals surface area contributed by atoms with Gasteiger partial charge in [0.2, 0.25) is 10.0 Å². The molecule has 1 saturated heterocycles. The van der Waals surface area contributed by atoms with Gasteiger partial charge < -0.3 is 4.74 Å². The third-order valence-electron chi connectivity index (χ3n) is 3.94.